The molecule has 1 fully saturated rings. The zero-order valence-electron chi connectivity index (χ0n) is 10.2. The van der Waals surface area contributed by atoms with E-state index in [1.54, 1.807) is 0 Å². The minimum atomic E-state index is 0.594. The number of nitrogens with one attached hydrogen (secondary N) is 1. The molecule has 1 aromatic rings. The molecule has 1 aromatic heterocycles. The summed E-state index contributed by atoms with van der Waals surface area (Å²) in [7, 11) is 0. The highest BCUT2D eigenvalue weighted by molar-refractivity contribution is 5.10. The predicted molar refractivity (Wildman–Crippen MR) is 66.6 cm³/mol. The van der Waals surface area contributed by atoms with Crippen molar-refractivity contribution in [1.29, 1.82) is 0 Å². The number of hydrogen-bond acceptors (Lipinski definition) is 3. The molecule has 0 aliphatic carbocycles. The molecule has 1 aliphatic heterocycles. The van der Waals surface area contributed by atoms with Crippen LogP contribution in [-0.2, 0) is 6.42 Å². The second-order valence-electron chi connectivity index (χ2n) is 4.61. The first-order valence-corrected chi connectivity index (χ1v) is 6.13. The first-order chi connectivity index (χ1) is 7.75. The highest BCUT2D eigenvalue weighted by Crippen LogP contribution is 2.08. The molecule has 0 bridgehead atoms. The Morgan fingerprint density at radius 1 is 1.38 bits per heavy atom. The normalized spacial score (nSPS) is 19.6. The highest BCUT2D eigenvalue weighted by Gasteiger charge is 2.16. The SMILES string of the molecule is Cc1cccc(CC(C)N2CCNCC2)n1. The zero-order chi connectivity index (χ0) is 11.4. The third-order valence-electron chi connectivity index (χ3n) is 3.23. The molecule has 3 nitrogen and oxygen atoms in total. The van der Waals surface area contributed by atoms with Crippen molar-refractivity contribution >= 4 is 0 Å². The second-order valence-corrected chi connectivity index (χ2v) is 4.61. The van der Waals surface area contributed by atoms with E-state index in [1.807, 2.05) is 0 Å². The molecule has 1 saturated heterocycles. The molecule has 0 radical (unpaired) electrons. The van der Waals surface area contributed by atoms with Gasteiger partial charge in [0.05, 0.1) is 0 Å². The fourth-order valence-electron chi connectivity index (χ4n) is 2.27. The van der Waals surface area contributed by atoms with Gasteiger partial charge in [0.1, 0.15) is 0 Å². The summed E-state index contributed by atoms with van der Waals surface area (Å²) in [6.07, 6.45) is 1.06. The lowest BCUT2D eigenvalue weighted by Gasteiger charge is -2.32. The van der Waals surface area contributed by atoms with Gasteiger partial charge in [-0.25, -0.2) is 0 Å². The lowest BCUT2D eigenvalue weighted by atomic mass is 10.1. The number of hydrogen-bond donors (Lipinski definition) is 1. The fourth-order valence-corrected chi connectivity index (χ4v) is 2.27. The van der Waals surface area contributed by atoms with Gasteiger partial charge in [-0.3, -0.25) is 9.88 Å². The van der Waals surface area contributed by atoms with Gasteiger partial charge in [-0.1, -0.05) is 6.07 Å². The van der Waals surface area contributed by atoms with E-state index in [0.717, 1.165) is 38.3 Å². The molecule has 2 rings (SSSR count). The monoisotopic (exact) mass is 219 g/mol. The molecule has 1 N–H and O–H groups in total. The molecule has 16 heavy (non-hydrogen) atoms. The zero-order valence-corrected chi connectivity index (χ0v) is 10.2. The van der Waals surface area contributed by atoms with E-state index in [4.69, 9.17) is 0 Å². The molecular formula is C13H21N3. The molecule has 88 valence electrons. The van der Waals surface area contributed by atoms with Crippen molar-refractivity contribution in [1.82, 2.24) is 15.2 Å². The van der Waals surface area contributed by atoms with Gasteiger partial charge in [-0.2, -0.15) is 0 Å². The van der Waals surface area contributed by atoms with Crippen molar-refractivity contribution in [3.05, 3.63) is 29.6 Å². The van der Waals surface area contributed by atoms with Crippen LogP contribution in [0.2, 0.25) is 0 Å². The molecule has 1 unspecified atom stereocenters. The number of aryl methyl sites for hydroxylation is 1. The summed E-state index contributed by atoms with van der Waals surface area (Å²) in [5.41, 5.74) is 2.33. The van der Waals surface area contributed by atoms with Crippen LogP contribution in [0.3, 0.4) is 0 Å². The Bertz CT molecular complexity index is 332. The van der Waals surface area contributed by atoms with Crippen molar-refractivity contribution in [2.24, 2.45) is 0 Å². The number of nitrogens with zero attached hydrogens (tertiary/aromatic N) is 2. The van der Waals surface area contributed by atoms with Gasteiger partial charge in [0.25, 0.3) is 0 Å². The van der Waals surface area contributed by atoms with Crippen molar-refractivity contribution in [3.8, 4) is 0 Å². The van der Waals surface area contributed by atoms with Crippen LogP contribution < -0.4 is 5.32 Å². The maximum Gasteiger partial charge on any atom is 0.0422 e. The van der Waals surface area contributed by atoms with Crippen LogP contribution >= 0.6 is 0 Å². The van der Waals surface area contributed by atoms with E-state index in [2.05, 4.69) is 47.2 Å². The van der Waals surface area contributed by atoms with Crippen molar-refractivity contribution in [2.45, 2.75) is 26.3 Å². The lowest BCUT2D eigenvalue weighted by molar-refractivity contribution is 0.182. The predicted octanol–water partition coefficient (Wildman–Crippen LogP) is 1.23. The summed E-state index contributed by atoms with van der Waals surface area (Å²) in [5, 5.41) is 3.39. The van der Waals surface area contributed by atoms with E-state index in [0.29, 0.717) is 6.04 Å². The van der Waals surface area contributed by atoms with E-state index in [9.17, 15) is 0 Å². The van der Waals surface area contributed by atoms with Crippen molar-refractivity contribution in [3.63, 3.8) is 0 Å². The maximum absolute atomic E-state index is 4.57. The van der Waals surface area contributed by atoms with Crippen molar-refractivity contribution in [2.75, 3.05) is 26.2 Å². The summed E-state index contributed by atoms with van der Waals surface area (Å²) < 4.78 is 0. The quantitative estimate of drug-likeness (QED) is 0.828. The van der Waals surface area contributed by atoms with E-state index in [1.165, 1.54) is 5.69 Å². The van der Waals surface area contributed by atoms with Crippen LogP contribution in [0, 0.1) is 6.92 Å². The van der Waals surface area contributed by atoms with Gasteiger partial charge in [0, 0.05) is 50.0 Å². The standard InChI is InChI=1S/C13H21N3/c1-11-4-3-5-13(15-11)10-12(2)16-8-6-14-7-9-16/h3-5,12,14H,6-10H2,1-2H3. The van der Waals surface area contributed by atoms with E-state index < -0.39 is 0 Å². The summed E-state index contributed by atoms with van der Waals surface area (Å²) in [5.74, 6) is 0. The molecule has 3 heteroatoms. The van der Waals surface area contributed by atoms with Crippen LogP contribution in [-0.4, -0.2) is 42.1 Å². The molecule has 0 amide bonds. The van der Waals surface area contributed by atoms with Gasteiger partial charge in [-0.15, -0.1) is 0 Å². The van der Waals surface area contributed by atoms with Crippen LogP contribution in [0.25, 0.3) is 0 Å². The van der Waals surface area contributed by atoms with Gasteiger partial charge >= 0.3 is 0 Å². The summed E-state index contributed by atoms with van der Waals surface area (Å²) >= 11 is 0. The summed E-state index contributed by atoms with van der Waals surface area (Å²) in [6, 6.07) is 6.88. The minimum absolute atomic E-state index is 0.594. The Balaban J connectivity index is 1.93. The lowest BCUT2D eigenvalue weighted by Crippen LogP contribution is -2.48. The van der Waals surface area contributed by atoms with Gasteiger partial charge < -0.3 is 5.32 Å². The highest BCUT2D eigenvalue weighted by atomic mass is 15.2. The molecule has 0 aromatic carbocycles. The van der Waals surface area contributed by atoms with Gasteiger partial charge in [0.2, 0.25) is 0 Å². The molecule has 1 atom stereocenters. The van der Waals surface area contributed by atoms with E-state index in [-0.39, 0.29) is 0 Å². The number of rotatable bonds is 3. The Kier molecular flexibility index (Phi) is 3.91. The number of pyridine rings is 1. The molecule has 0 spiro atoms. The molecule has 1 aliphatic rings. The van der Waals surface area contributed by atoms with Crippen LogP contribution in [0.5, 0.6) is 0 Å². The smallest absolute Gasteiger partial charge is 0.0422 e. The first kappa shape index (κ1) is 11.6. The Hall–Kier alpha value is -0.930. The fraction of sp³-hybridized carbons (Fsp3) is 0.615. The summed E-state index contributed by atoms with van der Waals surface area (Å²) in [6.45, 7) is 8.91. The Morgan fingerprint density at radius 2 is 2.12 bits per heavy atom. The molecule has 0 saturated carbocycles. The first-order valence-electron chi connectivity index (χ1n) is 6.13. The van der Waals surface area contributed by atoms with Gasteiger partial charge in [-0.05, 0) is 26.0 Å². The van der Waals surface area contributed by atoms with Crippen LogP contribution in [0.1, 0.15) is 18.3 Å². The summed E-state index contributed by atoms with van der Waals surface area (Å²) in [4.78, 5) is 7.11. The largest absolute Gasteiger partial charge is 0.314 e. The third kappa shape index (κ3) is 3.03. The van der Waals surface area contributed by atoms with E-state index >= 15 is 0 Å². The van der Waals surface area contributed by atoms with Gasteiger partial charge in [0.15, 0.2) is 0 Å². The average Bonchev–Trinajstić information content (AvgIpc) is 2.30. The minimum Gasteiger partial charge on any atom is -0.314 e. The molecule has 2 heterocycles. The number of piperazine rings is 1. The van der Waals surface area contributed by atoms with Crippen molar-refractivity contribution < 1.29 is 0 Å². The van der Waals surface area contributed by atoms with Crippen LogP contribution in [0.4, 0.5) is 0 Å². The Morgan fingerprint density at radius 3 is 2.81 bits per heavy atom. The van der Waals surface area contributed by atoms with Crippen LogP contribution in [0.15, 0.2) is 18.2 Å². The Labute approximate surface area is 97.9 Å². The molecular weight excluding hydrogens is 198 g/mol. The number of aromatic nitrogens is 1. The average molecular weight is 219 g/mol. The second kappa shape index (κ2) is 5.41. The topological polar surface area (TPSA) is 28.2 Å². The third-order valence-corrected chi connectivity index (χ3v) is 3.23. The maximum atomic E-state index is 4.57.